The molecule has 0 unspecified atom stereocenters. The summed E-state index contributed by atoms with van der Waals surface area (Å²) in [6.07, 6.45) is 26.0. The molecule has 1 rings (SSSR count). The Hall–Kier alpha value is 0.130. The second-order valence-electron chi connectivity index (χ2n) is 10.00. The van der Waals surface area contributed by atoms with Crippen LogP contribution < -0.4 is 29.6 Å². The molecular weight excluding hydrogens is 463 g/mol. The van der Waals surface area contributed by atoms with Gasteiger partial charge in [-0.25, -0.2) is 0 Å². The molecule has 1 aromatic rings. The van der Waals surface area contributed by atoms with E-state index >= 15 is 0 Å². The van der Waals surface area contributed by atoms with Crippen LogP contribution in [0.3, 0.4) is 0 Å². The maximum atomic E-state index is 12.8. The molecule has 3 nitrogen and oxygen atoms in total. The van der Waals surface area contributed by atoms with Crippen LogP contribution in [-0.2, 0) is 20.7 Å². The molecule has 0 spiro atoms. The largest absolute Gasteiger partial charge is 1.00 e. The normalized spacial score (nSPS) is 11.5. The van der Waals surface area contributed by atoms with Gasteiger partial charge in [0, 0.05) is 0 Å². The van der Waals surface area contributed by atoms with Crippen molar-refractivity contribution < 1.29 is 43.6 Å². The van der Waals surface area contributed by atoms with Gasteiger partial charge in [-0.05, 0) is 30.9 Å². The molecule has 0 aromatic heterocycles. The van der Waals surface area contributed by atoms with Crippen LogP contribution in [0.5, 0.6) is 0 Å². The molecule has 5 heteroatoms. The van der Waals surface area contributed by atoms with Crippen LogP contribution in [0.1, 0.15) is 149 Å². The van der Waals surface area contributed by atoms with E-state index in [9.17, 15) is 8.42 Å². The molecule has 0 fully saturated rings. The molecule has 0 saturated heterocycles. The minimum Gasteiger partial charge on any atom is -1.00 e. The molecule has 0 aliphatic heterocycles. The maximum absolute atomic E-state index is 12.8. The molecule has 200 valence electrons. The van der Waals surface area contributed by atoms with Crippen LogP contribution in [0.2, 0.25) is 0 Å². The standard InChI is InChI=1S/C30H54O3S.Na.H/c1-3-5-7-9-11-13-15-17-19-21-25-29-26-22-23-27-30(29)34(31,32)33-28-24-20-18-16-14-12-10-8-6-4-2;;/h22-23,26-27H,3-21,24-25,28H2,1-2H3;;/q;+1;-1. The second-order valence-corrected chi connectivity index (χ2v) is 11.6. The van der Waals surface area contributed by atoms with Crippen molar-refractivity contribution in [2.75, 3.05) is 6.61 Å². The third kappa shape index (κ3) is 18.9. The van der Waals surface area contributed by atoms with Crippen molar-refractivity contribution in [2.45, 2.75) is 154 Å². The van der Waals surface area contributed by atoms with Crippen LogP contribution in [0.15, 0.2) is 29.2 Å². The second kappa shape index (κ2) is 24.5. The predicted octanol–water partition coefficient (Wildman–Crippen LogP) is 6.89. The average Bonchev–Trinajstić information content (AvgIpc) is 2.84. The molecule has 0 atom stereocenters. The van der Waals surface area contributed by atoms with Gasteiger partial charge in [0.25, 0.3) is 10.1 Å². The number of hydrogen-bond acceptors (Lipinski definition) is 3. The first-order valence-electron chi connectivity index (χ1n) is 14.6. The van der Waals surface area contributed by atoms with Gasteiger partial charge in [-0.3, -0.25) is 4.18 Å². The first-order chi connectivity index (χ1) is 16.6. The Balaban J connectivity index is 0. The number of unbranched alkanes of at least 4 members (excludes halogenated alkanes) is 18. The van der Waals surface area contributed by atoms with E-state index in [-0.39, 0.29) is 31.0 Å². The summed E-state index contributed by atoms with van der Waals surface area (Å²) in [7, 11) is -3.66. The monoisotopic (exact) mass is 518 g/mol. The first kappa shape index (κ1) is 35.1. The summed E-state index contributed by atoms with van der Waals surface area (Å²) in [4.78, 5) is 0.373. The zero-order valence-corrected chi connectivity index (χ0v) is 26.3. The average molecular weight is 519 g/mol. The third-order valence-electron chi connectivity index (χ3n) is 6.78. The smallest absolute Gasteiger partial charge is 1.00 e. The van der Waals surface area contributed by atoms with Gasteiger partial charge in [-0.1, -0.05) is 148 Å². The first-order valence-corrected chi connectivity index (χ1v) is 16.0. The molecule has 0 amide bonds. The molecule has 35 heavy (non-hydrogen) atoms. The summed E-state index contributed by atoms with van der Waals surface area (Å²) < 4.78 is 30.9. The summed E-state index contributed by atoms with van der Waals surface area (Å²) in [5.74, 6) is 0. The Bertz CT molecular complexity index is 697. The quantitative estimate of drug-likeness (QED) is 0.0850. The Morgan fingerprint density at radius 3 is 1.49 bits per heavy atom. The van der Waals surface area contributed by atoms with Crippen molar-refractivity contribution in [1.29, 1.82) is 0 Å². The zero-order chi connectivity index (χ0) is 24.7. The molecule has 1 aromatic carbocycles. The van der Waals surface area contributed by atoms with Crippen molar-refractivity contribution in [3.63, 3.8) is 0 Å². The predicted molar refractivity (Wildman–Crippen MR) is 148 cm³/mol. The fraction of sp³-hybridized carbons (Fsp3) is 0.800. The minimum absolute atomic E-state index is 0. The fourth-order valence-corrected chi connectivity index (χ4v) is 5.78. The fourth-order valence-electron chi connectivity index (χ4n) is 4.58. The van der Waals surface area contributed by atoms with E-state index in [2.05, 4.69) is 13.8 Å². The summed E-state index contributed by atoms with van der Waals surface area (Å²) in [6.45, 7) is 4.80. The van der Waals surface area contributed by atoms with E-state index in [0.717, 1.165) is 31.2 Å². The van der Waals surface area contributed by atoms with Gasteiger partial charge in [0.05, 0.1) is 11.5 Å². The molecule has 0 bridgehead atoms. The summed E-state index contributed by atoms with van der Waals surface area (Å²) in [6, 6.07) is 7.40. The van der Waals surface area contributed by atoms with Gasteiger partial charge in [-0.15, -0.1) is 0 Å². The van der Waals surface area contributed by atoms with Crippen LogP contribution in [0.4, 0.5) is 0 Å². The molecule has 0 radical (unpaired) electrons. The van der Waals surface area contributed by atoms with Crippen molar-refractivity contribution in [1.82, 2.24) is 0 Å². The van der Waals surface area contributed by atoms with E-state index in [1.807, 2.05) is 12.1 Å². The topological polar surface area (TPSA) is 43.4 Å². The molecule has 0 saturated carbocycles. The van der Waals surface area contributed by atoms with Gasteiger partial charge >= 0.3 is 29.6 Å². The van der Waals surface area contributed by atoms with Crippen molar-refractivity contribution in [2.24, 2.45) is 0 Å². The number of hydrogen-bond donors (Lipinski definition) is 0. The molecule has 0 aliphatic rings. The number of rotatable bonds is 24. The molecule has 0 heterocycles. The Kier molecular flexibility index (Phi) is 24.6. The summed E-state index contributed by atoms with van der Waals surface area (Å²) in [5, 5.41) is 0. The minimum atomic E-state index is -3.66. The van der Waals surface area contributed by atoms with Crippen molar-refractivity contribution in [3.05, 3.63) is 29.8 Å². The zero-order valence-electron chi connectivity index (χ0n) is 24.5. The van der Waals surface area contributed by atoms with Crippen LogP contribution in [-0.4, -0.2) is 15.0 Å². The van der Waals surface area contributed by atoms with Gasteiger partial charge in [-0.2, -0.15) is 8.42 Å². The van der Waals surface area contributed by atoms with E-state index < -0.39 is 10.1 Å². The van der Waals surface area contributed by atoms with E-state index in [1.54, 1.807) is 12.1 Å². The van der Waals surface area contributed by atoms with Gasteiger partial charge in [0.2, 0.25) is 0 Å². The Labute approximate surface area is 242 Å². The van der Waals surface area contributed by atoms with Crippen LogP contribution >= 0.6 is 0 Å². The Morgan fingerprint density at radius 2 is 1.00 bits per heavy atom. The molecule has 0 N–H and O–H groups in total. The van der Waals surface area contributed by atoms with E-state index in [1.165, 1.54) is 109 Å². The maximum Gasteiger partial charge on any atom is 1.00 e. The third-order valence-corrected chi connectivity index (χ3v) is 8.19. The van der Waals surface area contributed by atoms with Crippen molar-refractivity contribution in [3.8, 4) is 0 Å². The number of benzene rings is 1. The van der Waals surface area contributed by atoms with Gasteiger partial charge < -0.3 is 1.43 Å². The molecule has 0 aliphatic carbocycles. The van der Waals surface area contributed by atoms with Gasteiger partial charge in [0.15, 0.2) is 0 Å². The summed E-state index contributed by atoms with van der Waals surface area (Å²) >= 11 is 0. The molecular formula is C30H55NaO3S. The SMILES string of the molecule is CCCCCCCCCCCCOS(=O)(=O)c1ccccc1CCCCCCCCCCCC.[H-].[Na+]. The van der Waals surface area contributed by atoms with Crippen LogP contribution in [0.25, 0.3) is 0 Å². The summed E-state index contributed by atoms with van der Waals surface area (Å²) in [5.41, 5.74) is 0.908. The Morgan fingerprint density at radius 1 is 0.600 bits per heavy atom. The van der Waals surface area contributed by atoms with E-state index in [4.69, 9.17) is 4.18 Å². The van der Waals surface area contributed by atoms with Crippen LogP contribution in [0, 0.1) is 0 Å². The van der Waals surface area contributed by atoms with E-state index in [0.29, 0.717) is 11.5 Å². The van der Waals surface area contributed by atoms with Crippen molar-refractivity contribution >= 4 is 10.1 Å². The van der Waals surface area contributed by atoms with Gasteiger partial charge in [0.1, 0.15) is 0 Å². The number of aryl methyl sites for hydroxylation is 1.